The van der Waals surface area contributed by atoms with Gasteiger partial charge in [-0.1, -0.05) is 27.7 Å². The van der Waals surface area contributed by atoms with Gasteiger partial charge in [0, 0.05) is 23.9 Å². The summed E-state index contributed by atoms with van der Waals surface area (Å²) in [4.78, 5) is 50.6. The van der Waals surface area contributed by atoms with Crippen molar-refractivity contribution in [1.82, 2.24) is 10.6 Å². The SMILES string of the molecule is CC12CCC(C(=O)NCCCCNC(=O)C34CCC(C)(C(=O)O3)C4(C)C)(OC1=O)C2(C)C. The number of ether oxygens (including phenoxy) is 2. The number of esters is 2. The molecule has 2 saturated heterocycles. The Morgan fingerprint density at radius 3 is 1.28 bits per heavy atom. The van der Waals surface area contributed by atoms with Gasteiger partial charge in [0.2, 0.25) is 0 Å². The predicted molar refractivity (Wildman–Crippen MR) is 115 cm³/mol. The van der Waals surface area contributed by atoms with Crippen LogP contribution >= 0.6 is 0 Å². The highest BCUT2D eigenvalue weighted by Crippen LogP contribution is 2.66. The maximum atomic E-state index is 13.0. The van der Waals surface area contributed by atoms with Crippen LogP contribution in [0.2, 0.25) is 0 Å². The Balaban J connectivity index is 1.24. The van der Waals surface area contributed by atoms with Crippen LogP contribution in [0.5, 0.6) is 0 Å². The van der Waals surface area contributed by atoms with Crippen LogP contribution in [0.4, 0.5) is 0 Å². The summed E-state index contributed by atoms with van der Waals surface area (Å²) in [6.45, 7) is 12.4. The molecule has 0 spiro atoms. The van der Waals surface area contributed by atoms with E-state index in [1.807, 2.05) is 41.5 Å². The molecule has 4 bridgehead atoms. The zero-order chi connectivity index (χ0) is 23.8. The van der Waals surface area contributed by atoms with Crippen LogP contribution in [-0.2, 0) is 28.7 Å². The van der Waals surface area contributed by atoms with Gasteiger partial charge in [0.25, 0.3) is 11.8 Å². The lowest BCUT2D eigenvalue weighted by Gasteiger charge is -2.35. The lowest BCUT2D eigenvalue weighted by molar-refractivity contribution is -0.168. The van der Waals surface area contributed by atoms with E-state index in [1.54, 1.807) is 0 Å². The highest BCUT2D eigenvalue weighted by atomic mass is 16.6. The minimum absolute atomic E-state index is 0.232. The van der Waals surface area contributed by atoms with Crippen molar-refractivity contribution < 1.29 is 28.7 Å². The monoisotopic (exact) mass is 448 g/mol. The third-order valence-electron chi connectivity index (χ3n) is 10.1. The highest BCUT2D eigenvalue weighted by Gasteiger charge is 2.76. The van der Waals surface area contributed by atoms with E-state index in [-0.39, 0.29) is 23.8 Å². The van der Waals surface area contributed by atoms with Crippen molar-refractivity contribution in [3.8, 4) is 0 Å². The Bertz CT molecular complexity index is 825. The maximum Gasteiger partial charge on any atom is 0.313 e. The summed E-state index contributed by atoms with van der Waals surface area (Å²) in [5.74, 6) is -1.04. The van der Waals surface area contributed by atoms with E-state index in [2.05, 4.69) is 10.6 Å². The van der Waals surface area contributed by atoms with Crippen LogP contribution in [0.25, 0.3) is 0 Å². The summed E-state index contributed by atoms with van der Waals surface area (Å²) in [6, 6.07) is 0. The number of rotatable bonds is 7. The number of unbranched alkanes of at least 4 members (excludes halogenated alkanes) is 1. The number of nitrogens with one attached hydrogen (secondary N) is 2. The average Bonchev–Trinajstić information content (AvgIpc) is 3.18. The molecular formula is C24H36N2O6. The second-order valence-corrected chi connectivity index (χ2v) is 11.6. The molecule has 4 rings (SSSR count). The number of carbonyl (C=O) groups excluding carboxylic acids is 4. The van der Waals surface area contributed by atoms with Crippen LogP contribution < -0.4 is 10.6 Å². The van der Waals surface area contributed by atoms with Gasteiger partial charge in [-0.05, 0) is 52.4 Å². The minimum Gasteiger partial charge on any atom is -0.448 e. The Kier molecular flexibility index (Phi) is 4.83. The van der Waals surface area contributed by atoms with Crippen LogP contribution in [0.3, 0.4) is 0 Å². The van der Waals surface area contributed by atoms with Gasteiger partial charge in [0.05, 0.1) is 10.8 Å². The normalized spacial score (nSPS) is 40.2. The van der Waals surface area contributed by atoms with Crippen molar-refractivity contribution in [3.05, 3.63) is 0 Å². The molecule has 2 N–H and O–H groups in total. The topological polar surface area (TPSA) is 111 Å². The first kappa shape index (κ1) is 23.1. The van der Waals surface area contributed by atoms with Gasteiger partial charge >= 0.3 is 11.9 Å². The summed E-state index contributed by atoms with van der Waals surface area (Å²) in [5.41, 5.74) is -4.56. The van der Waals surface area contributed by atoms with Crippen molar-refractivity contribution in [2.24, 2.45) is 21.7 Å². The fourth-order valence-electron chi connectivity index (χ4n) is 6.43. The molecule has 2 aliphatic carbocycles. The Morgan fingerprint density at radius 1 is 0.688 bits per heavy atom. The minimum atomic E-state index is -1.10. The van der Waals surface area contributed by atoms with E-state index in [9.17, 15) is 19.2 Å². The lowest BCUT2D eigenvalue weighted by Crippen LogP contribution is -2.54. The van der Waals surface area contributed by atoms with Crippen molar-refractivity contribution >= 4 is 23.8 Å². The standard InChI is InChI=1S/C24H36N2O6/c1-19(2)21(5)9-11-23(19,31-17(21)29)15(27)25-13-7-8-14-26-16(28)24-12-10-22(6,18(30)32-24)20(24,3)4/h7-14H2,1-6H3,(H,25,27)(H,26,28). The molecule has 0 aromatic heterocycles. The van der Waals surface area contributed by atoms with E-state index in [0.717, 1.165) is 0 Å². The number of carbonyl (C=O) groups is 4. The highest BCUT2D eigenvalue weighted by molar-refractivity contribution is 5.97. The van der Waals surface area contributed by atoms with Gasteiger partial charge in [0.15, 0.2) is 11.2 Å². The van der Waals surface area contributed by atoms with Crippen LogP contribution in [0.15, 0.2) is 0 Å². The maximum absolute atomic E-state index is 13.0. The van der Waals surface area contributed by atoms with Gasteiger partial charge in [-0.15, -0.1) is 0 Å². The molecule has 0 radical (unpaired) electrons. The number of hydrogen-bond acceptors (Lipinski definition) is 6. The molecule has 0 aromatic rings. The molecule has 4 atom stereocenters. The number of hydrogen-bond donors (Lipinski definition) is 2. The van der Waals surface area contributed by atoms with E-state index in [0.29, 0.717) is 51.6 Å². The van der Waals surface area contributed by atoms with Crippen LogP contribution in [0, 0.1) is 21.7 Å². The summed E-state index contributed by atoms with van der Waals surface area (Å²) >= 11 is 0. The molecule has 8 nitrogen and oxygen atoms in total. The number of fused-ring (bicyclic) bond motifs is 4. The third-order valence-corrected chi connectivity index (χ3v) is 10.1. The van der Waals surface area contributed by atoms with E-state index in [4.69, 9.17) is 9.47 Å². The number of amides is 2. The Labute approximate surface area is 189 Å². The first-order chi connectivity index (χ1) is 14.7. The molecule has 32 heavy (non-hydrogen) atoms. The summed E-state index contributed by atoms with van der Waals surface area (Å²) in [7, 11) is 0. The first-order valence-electron chi connectivity index (χ1n) is 11.8. The Morgan fingerprint density at radius 2 is 1.03 bits per heavy atom. The molecule has 8 heteroatoms. The van der Waals surface area contributed by atoms with Gasteiger partial charge in [0.1, 0.15) is 0 Å². The van der Waals surface area contributed by atoms with Gasteiger partial charge in [-0.2, -0.15) is 0 Å². The van der Waals surface area contributed by atoms with Crippen molar-refractivity contribution in [2.45, 2.75) is 91.3 Å². The van der Waals surface area contributed by atoms with Crippen LogP contribution in [0.1, 0.15) is 80.1 Å². The average molecular weight is 449 g/mol. The molecule has 4 unspecified atom stereocenters. The van der Waals surface area contributed by atoms with E-state index in [1.165, 1.54) is 0 Å². The molecular weight excluding hydrogens is 412 g/mol. The molecule has 4 fully saturated rings. The fourth-order valence-corrected chi connectivity index (χ4v) is 6.43. The fraction of sp³-hybridized carbons (Fsp3) is 0.833. The van der Waals surface area contributed by atoms with Gasteiger partial charge in [-0.25, -0.2) is 0 Å². The second-order valence-electron chi connectivity index (χ2n) is 11.6. The summed E-state index contributed by atoms with van der Waals surface area (Å²) < 4.78 is 11.2. The summed E-state index contributed by atoms with van der Waals surface area (Å²) in [5, 5.41) is 5.86. The van der Waals surface area contributed by atoms with Crippen molar-refractivity contribution in [1.29, 1.82) is 0 Å². The third kappa shape index (κ3) is 2.44. The molecule has 2 amide bonds. The Hall–Kier alpha value is -2.12. The smallest absolute Gasteiger partial charge is 0.313 e. The second kappa shape index (κ2) is 6.70. The van der Waals surface area contributed by atoms with E-state index >= 15 is 0 Å². The van der Waals surface area contributed by atoms with Crippen LogP contribution in [-0.4, -0.2) is 48.0 Å². The molecule has 2 heterocycles. The molecule has 4 aliphatic rings. The quantitative estimate of drug-likeness (QED) is 0.456. The van der Waals surface area contributed by atoms with Crippen molar-refractivity contribution in [2.75, 3.05) is 13.1 Å². The van der Waals surface area contributed by atoms with E-state index < -0.39 is 32.9 Å². The molecule has 2 saturated carbocycles. The van der Waals surface area contributed by atoms with Gasteiger partial charge < -0.3 is 20.1 Å². The molecule has 178 valence electrons. The zero-order valence-electron chi connectivity index (χ0n) is 20.1. The molecule has 2 aliphatic heterocycles. The first-order valence-corrected chi connectivity index (χ1v) is 11.8. The largest absolute Gasteiger partial charge is 0.448 e. The zero-order valence-corrected chi connectivity index (χ0v) is 20.1. The summed E-state index contributed by atoms with van der Waals surface area (Å²) in [6.07, 6.45) is 3.72. The van der Waals surface area contributed by atoms with Gasteiger partial charge in [-0.3, -0.25) is 19.2 Å². The predicted octanol–water partition coefficient (Wildman–Crippen LogP) is 2.24. The lowest BCUT2D eigenvalue weighted by atomic mass is 9.66. The molecule has 0 aromatic carbocycles. The van der Waals surface area contributed by atoms with Crippen molar-refractivity contribution in [3.63, 3.8) is 0 Å².